The molecule has 176 valence electrons. The largest absolute Gasteiger partial charge is 0.497 e. The highest BCUT2D eigenvalue weighted by Crippen LogP contribution is 2.61. The number of hydrogen-bond donors (Lipinski definition) is 2. The molecule has 0 fully saturated rings. The highest BCUT2D eigenvalue weighted by molar-refractivity contribution is 7.13. The van der Waals surface area contributed by atoms with Crippen molar-refractivity contribution in [1.82, 2.24) is 4.98 Å². The maximum Gasteiger partial charge on any atom is 0.247 e. The summed E-state index contributed by atoms with van der Waals surface area (Å²) in [5.74, 6) is 0.270. The van der Waals surface area contributed by atoms with Gasteiger partial charge in [-0.05, 0) is 39.9 Å². The van der Waals surface area contributed by atoms with Gasteiger partial charge in [-0.15, -0.1) is 22.9 Å². The molecule has 5 nitrogen and oxygen atoms in total. The van der Waals surface area contributed by atoms with E-state index in [2.05, 4.69) is 22.4 Å². The molecule has 2 bridgehead atoms. The lowest BCUT2D eigenvalue weighted by Gasteiger charge is -2.54. The van der Waals surface area contributed by atoms with Crippen molar-refractivity contribution in [1.29, 1.82) is 0 Å². The van der Waals surface area contributed by atoms with Crippen LogP contribution in [0.3, 0.4) is 0 Å². The van der Waals surface area contributed by atoms with Gasteiger partial charge in [0.2, 0.25) is 5.91 Å². The maximum atomic E-state index is 13.7. The molecule has 0 spiro atoms. The number of nitrogens with two attached hydrogens (primary N) is 1. The molecular weight excluding hydrogens is 478 g/mol. The van der Waals surface area contributed by atoms with Crippen molar-refractivity contribution in [3.63, 3.8) is 0 Å². The fourth-order valence-electron chi connectivity index (χ4n) is 5.61. The summed E-state index contributed by atoms with van der Waals surface area (Å²) in [6.07, 6.45) is 0.981. The second-order valence-corrected chi connectivity index (χ2v) is 10.8. The number of methoxy groups -OCH3 is 1. The molecule has 1 heterocycles. The molecule has 0 saturated heterocycles. The minimum absolute atomic E-state index is 0.262. The minimum atomic E-state index is -1.20. The zero-order valence-electron chi connectivity index (χ0n) is 19.1. The molecule has 1 aromatic heterocycles. The van der Waals surface area contributed by atoms with Gasteiger partial charge in [-0.2, -0.15) is 0 Å². The first kappa shape index (κ1) is 22.3. The molecule has 1 amide bonds. The topological polar surface area (TPSA) is 77.2 Å². The Labute approximate surface area is 212 Å². The van der Waals surface area contributed by atoms with Crippen LogP contribution in [0.25, 0.3) is 0 Å². The van der Waals surface area contributed by atoms with Crippen molar-refractivity contribution in [2.45, 2.75) is 29.2 Å². The van der Waals surface area contributed by atoms with Crippen molar-refractivity contribution < 1.29 is 9.53 Å². The van der Waals surface area contributed by atoms with Gasteiger partial charge in [-0.3, -0.25) is 4.79 Å². The molecule has 3 aliphatic carbocycles. The summed E-state index contributed by atoms with van der Waals surface area (Å²) < 4.78 is 5.22. The van der Waals surface area contributed by atoms with Gasteiger partial charge in [0, 0.05) is 24.1 Å². The Kier molecular flexibility index (Phi) is 5.22. The summed E-state index contributed by atoms with van der Waals surface area (Å²) in [6.45, 7) is 0. The molecule has 3 aromatic carbocycles. The van der Waals surface area contributed by atoms with Gasteiger partial charge in [0.1, 0.15) is 11.3 Å². The fourth-order valence-corrected chi connectivity index (χ4v) is 6.88. The zero-order valence-corrected chi connectivity index (χ0v) is 20.7. The molecule has 0 radical (unpaired) electrons. The zero-order chi connectivity index (χ0) is 24.2. The van der Waals surface area contributed by atoms with E-state index < -0.39 is 10.4 Å². The minimum Gasteiger partial charge on any atom is -0.497 e. The molecule has 3 N–H and O–H groups in total. The Morgan fingerprint density at radius 1 is 1.09 bits per heavy atom. The smallest absolute Gasteiger partial charge is 0.247 e. The standard InChI is InChI=1S/C28H24ClN3O2S/c1-34-19-12-10-17(11-13-19)14-18-15-35-26(31-18)32-25(33)28(30)16-27(29)22-8-4-2-6-20(22)24(28)21-7-3-5-9-23(21)27/h2-13,15,24H,14,16,30H2,1H3,(H,31,32,33). The average molecular weight is 502 g/mol. The Balaban J connectivity index is 1.29. The van der Waals surface area contributed by atoms with E-state index in [0.29, 0.717) is 18.0 Å². The monoisotopic (exact) mass is 501 g/mol. The molecule has 7 rings (SSSR count). The summed E-state index contributed by atoms with van der Waals surface area (Å²) in [5, 5.41) is 5.50. The molecule has 1 unspecified atom stereocenters. The highest BCUT2D eigenvalue weighted by atomic mass is 35.5. The lowest BCUT2D eigenvalue weighted by Crippen LogP contribution is -2.64. The molecule has 3 aliphatic rings. The van der Waals surface area contributed by atoms with Crippen LogP contribution in [0.2, 0.25) is 0 Å². The van der Waals surface area contributed by atoms with Crippen LogP contribution in [-0.2, 0) is 16.1 Å². The van der Waals surface area contributed by atoms with Gasteiger partial charge in [0.25, 0.3) is 0 Å². The first-order valence-electron chi connectivity index (χ1n) is 11.5. The predicted molar refractivity (Wildman–Crippen MR) is 139 cm³/mol. The number of rotatable bonds is 5. The number of amides is 1. The van der Waals surface area contributed by atoms with E-state index in [1.165, 1.54) is 11.3 Å². The quantitative estimate of drug-likeness (QED) is 0.358. The predicted octanol–water partition coefficient (Wildman–Crippen LogP) is 5.41. The second-order valence-electron chi connectivity index (χ2n) is 9.25. The first-order valence-corrected chi connectivity index (χ1v) is 12.7. The van der Waals surface area contributed by atoms with Crippen molar-refractivity contribution >= 4 is 34.0 Å². The lowest BCUT2D eigenvalue weighted by atomic mass is 9.55. The number of carbonyl (C=O) groups excluding carboxylic acids is 1. The number of ether oxygens (including phenoxy) is 1. The van der Waals surface area contributed by atoms with Crippen LogP contribution >= 0.6 is 22.9 Å². The van der Waals surface area contributed by atoms with Gasteiger partial charge < -0.3 is 15.8 Å². The van der Waals surface area contributed by atoms with Crippen molar-refractivity contribution in [3.8, 4) is 5.75 Å². The van der Waals surface area contributed by atoms with Crippen molar-refractivity contribution in [3.05, 3.63) is 112 Å². The van der Waals surface area contributed by atoms with Crippen LogP contribution in [0.4, 0.5) is 5.13 Å². The maximum absolute atomic E-state index is 13.7. The normalized spacial score (nSPS) is 23.9. The van der Waals surface area contributed by atoms with E-state index in [-0.39, 0.29) is 11.8 Å². The SMILES string of the molecule is COc1ccc(Cc2csc(NC(=O)C3(N)CC4(Cl)c5ccccc5C3c3ccccc34)n2)cc1. The van der Waals surface area contributed by atoms with Crippen LogP contribution < -0.4 is 15.8 Å². The number of carbonyl (C=O) groups is 1. The van der Waals surface area contributed by atoms with Gasteiger partial charge in [0.15, 0.2) is 5.13 Å². The van der Waals surface area contributed by atoms with E-state index >= 15 is 0 Å². The summed E-state index contributed by atoms with van der Waals surface area (Å²) in [7, 11) is 1.65. The van der Waals surface area contributed by atoms with Gasteiger partial charge in [-0.25, -0.2) is 4.98 Å². The molecule has 35 heavy (non-hydrogen) atoms. The number of aromatic nitrogens is 1. The number of halogens is 1. The van der Waals surface area contributed by atoms with E-state index in [9.17, 15) is 4.79 Å². The Morgan fingerprint density at radius 2 is 1.71 bits per heavy atom. The molecule has 7 heteroatoms. The lowest BCUT2D eigenvalue weighted by molar-refractivity contribution is -0.122. The Morgan fingerprint density at radius 3 is 2.34 bits per heavy atom. The summed E-state index contributed by atoms with van der Waals surface area (Å²) in [5.41, 5.74) is 11.9. The van der Waals surface area contributed by atoms with Gasteiger partial charge in [-0.1, -0.05) is 60.7 Å². The van der Waals surface area contributed by atoms with E-state index in [1.54, 1.807) is 7.11 Å². The van der Waals surface area contributed by atoms with Gasteiger partial charge in [0.05, 0.1) is 17.7 Å². The van der Waals surface area contributed by atoms with Gasteiger partial charge >= 0.3 is 0 Å². The molecule has 0 aliphatic heterocycles. The van der Waals surface area contributed by atoms with Crippen LogP contribution in [0, 0.1) is 0 Å². The second kappa shape index (κ2) is 8.19. The molecule has 0 saturated carbocycles. The number of alkyl halides is 1. The van der Waals surface area contributed by atoms with Crippen molar-refractivity contribution in [2.75, 3.05) is 12.4 Å². The average Bonchev–Trinajstić information content (AvgIpc) is 3.31. The molecular formula is C28H24ClN3O2S. The van der Waals surface area contributed by atoms with Crippen LogP contribution in [-0.4, -0.2) is 23.5 Å². The summed E-state index contributed by atoms with van der Waals surface area (Å²) >= 11 is 8.73. The number of nitrogens with zero attached hydrogens (tertiary/aromatic N) is 1. The van der Waals surface area contributed by atoms with Crippen molar-refractivity contribution in [2.24, 2.45) is 5.73 Å². The third-order valence-corrected chi connectivity index (χ3v) is 8.54. The van der Waals surface area contributed by atoms with Crippen LogP contribution in [0.1, 0.15) is 45.8 Å². The summed E-state index contributed by atoms with van der Waals surface area (Å²) in [4.78, 5) is 17.5. The van der Waals surface area contributed by atoms with E-state index in [1.807, 2.05) is 66.0 Å². The highest BCUT2D eigenvalue weighted by Gasteiger charge is 2.60. The Bertz CT molecular complexity index is 1390. The van der Waals surface area contributed by atoms with Crippen LogP contribution in [0.15, 0.2) is 78.2 Å². The molecule has 1 atom stereocenters. The number of benzene rings is 3. The first-order chi connectivity index (χ1) is 16.9. The Hall–Kier alpha value is -3.19. The van der Waals surface area contributed by atoms with Crippen LogP contribution in [0.5, 0.6) is 5.75 Å². The van der Waals surface area contributed by atoms with E-state index in [4.69, 9.17) is 22.1 Å². The number of thiazole rings is 1. The van der Waals surface area contributed by atoms with E-state index in [0.717, 1.165) is 39.3 Å². The number of nitrogens with one attached hydrogen (secondary N) is 1. The number of hydrogen-bond acceptors (Lipinski definition) is 5. The fraction of sp³-hybridized carbons (Fsp3) is 0.214. The number of anilines is 1. The number of fused-ring (bicyclic) bond motifs is 1. The summed E-state index contributed by atoms with van der Waals surface area (Å²) in [6, 6.07) is 24.0. The third-order valence-electron chi connectivity index (χ3n) is 7.19. The molecule has 4 aromatic rings. The third kappa shape index (κ3) is 3.47.